The number of imidazole rings is 1. The second-order valence-corrected chi connectivity index (χ2v) is 10.6. The summed E-state index contributed by atoms with van der Waals surface area (Å²) < 4.78 is 43.0. The number of para-hydroxylation sites is 1. The summed E-state index contributed by atoms with van der Waals surface area (Å²) in [4.78, 5) is 24.8. The van der Waals surface area contributed by atoms with Gasteiger partial charge in [0.15, 0.2) is 11.2 Å². The Bertz CT molecular complexity index is 1310. The number of ether oxygens (including phenoxy) is 3. The van der Waals surface area contributed by atoms with Gasteiger partial charge in [0.05, 0.1) is 32.3 Å². The van der Waals surface area contributed by atoms with E-state index in [4.69, 9.17) is 29.0 Å². The number of carbonyl (C=O) groups excluding carboxylic acids is 1. The molecule has 1 aliphatic rings. The van der Waals surface area contributed by atoms with Gasteiger partial charge in [-0.1, -0.05) is 18.2 Å². The van der Waals surface area contributed by atoms with Crippen molar-refractivity contribution in [3.05, 3.63) is 36.7 Å². The molecule has 1 saturated heterocycles. The van der Waals surface area contributed by atoms with Crippen LogP contribution in [0.3, 0.4) is 0 Å². The first-order chi connectivity index (χ1) is 18.1. The summed E-state index contributed by atoms with van der Waals surface area (Å²) in [6.07, 6.45) is -1.25. The Kier molecular flexibility index (Phi) is 8.48. The molecule has 3 heterocycles. The molecule has 2 aromatic heterocycles. The molecule has 1 aliphatic heterocycles. The third-order valence-corrected chi connectivity index (χ3v) is 7.19. The molecule has 4 rings (SSSR count). The molecule has 14 nitrogen and oxygen atoms in total. The number of hydrogen-bond donors (Lipinski definition) is 3. The van der Waals surface area contributed by atoms with E-state index in [1.807, 2.05) is 0 Å². The van der Waals surface area contributed by atoms with Gasteiger partial charge in [-0.15, -0.1) is 0 Å². The van der Waals surface area contributed by atoms with Gasteiger partial charge < -0.3 is 29.6 Å². The Hall–Kier alpha value is -3.29. The summed E-state index contributed by atoms with van der Waals surface area (Å²) in [7, 11) is -2.68. The number of aliphatic hydroxyl groups is 1. The lowest BCUT2D eigenvalue weighted by Crippen LogP contribution is -2.37. The average Bonchev–Trinajstić information content (AvgIpc) is 3.45. The zero-order valence-corrected chi connectivity index (χ0v) is 22.3. The highest BCUT2D eigenvalue weighted by Gasteiger charge is 2.40. The number of nitrogens with one attached hydrogen (secondary N) is 1. The number of benzene rings is 1. The van der Waals surface area contributed by atoms with E-state index in [0.717, 1.165) is 0 Å². The van der Waals surface area contributed by atoms with Gasteiger partial charge in [-0.05, 0) is 32.9 Å². The van der Waals surface area contributed by atoms with Crippen LogP contribution in [0.1, 0.15) is 33.4 Å². The number of methoxy groups -OCH3 is 1. The van der Waals surface area contributed by atoms with Crippen molar-refractivity contribution in [2.24, 2.45) is 0 Å². The Balaban J connectivity index is 1.49. The van der Waals surface area contributed by atoms with Crippen LogP contribution in [0, 0.1) is 0 Å². The van der Waals surface area contributed by atoms with Crippen LogP contribution in [0.15, 0.2) is 36.7 Å². The third-order valence-electron chi connectivity index (χ3n) is 5.55. The minimum absolute atomic E-state index is 0.00952. The highest BCUT2D eigenvalue weighted by molar-refractivity contribution is 7.52. The molecule has 0 spiro atoms. The predicted octanol–water partition coefficient (Wildman–Crippen LogP) is 2.20. The summed E-state index contributed by atoms with van der Waals surface area (Å²) in [6, 6.07) is 7.35. The molecule has 38 heavy (non-hydrogen) atoms. The molecule has 206 valence electrons. The molecule has 4 N–H and O–H groups in total. The summed E-state index contributed by atoms with van der Waals surface area (Å²) in [6.45, 7) is 4.58. The Morgan fingerprint density at radius 2 is 2.03 bits per heavy atom. The van der Waals surface area contributed by atoms with Crippen molar-refractivity contribution in [3.8, 4) is 11.6 Å². The normalized spacial score (nSPS) is 21.8. The van der Waals surface area contributed by atoms with Crippen molar-refractivity contribution in [1.82, 2.24) is 24.6 Å². The molecule has 0 aliphatic carbocycles. The van der Waals surface area contributed by atoms with E-state index in [-0.39, 0.29) is 36.7 Å². The number of fused-ring (bicyclic) bond motifs is 1. The first-order valence-corrected chi connectivity index (χ1v) is 13.5. The highest BCUT2D eigenvalue weighted by atomic mass is 31.2. The summed E-state index contributed by atoms with van der Waals surface area (Å²) in [5, 5.41) is 13.3. The van der Waals surface area contributed by atoms with Gasteiger partial charge in [0.2, 0.25) is 11.8 Å². The number of nitrogens with two attached hydrogens (primary N) is 1. The number of aliphatic hydroxyl groups excluding tert-OH is 1. The Morgan fingerprint density at radius 1 is 1.29 bits per heavy atom. The van der Waals surface area contributed by atoms with Crippen molar-refractivity contribution in [1.29, 1.82) is 0 Å². The quantitative estimate of drug-likeness (QED) is 0.234. The minimum Gasteiger partial charge on any atom is -0.479 e. The van der Waals surface area contributed by atoms with E-state index in [9.17, 15) is 14.5 Å². The summed E-state index contributed by atoms with van der Waals surface area (Å²) in [5.74, 6) is -0.166. The van der Waals surface area contributed by atoms with Crippen molar-refractivity contribution in [2.45, 2.75) is 57.8 Å². The third kappa shape index (κ3) is 6.40. The molecular formula is C23H31N6O8P. The largest absolute Gasteiger partial charge is 0.479 e. The first-order valence-electron chi connectivity index (χ1n) is 11.9. The fraction of sp³-hybridized carbons (Fsp3) is 0.478. The van der Waals surface area contributed by atoms with Crippen LogP contribution in [0.5, 0.6) is 11.6 Å². The van der Waals surface area contributed by atoms with Gasteiger partial charge in [0.25, 0.3) is 0 Å². The van der Waals surface area contributed by atoms with Crippen molar-refractivity contribution in [2.75, 3.05) is 19.5 Å². The fourth-order valence-electron chi connectivity index (χ4n) is 3.80. The topological polar surface area (TPSA) is 182 Å². The molecule has 0 bridgehead atoms. The molecule has 2 unspecified atom stereocenters. The minimum atomic E-state index is -4.12. The lowest BCUT2D eigenvalue weighted by molar-refractivity contribution is -0.149. The average molecular weight is 551 g/mol. The van der Waals surface area contributed by atoms with Crippen LogP contribution in [0.2, 0.25) is 0 Å². The monoisotopic (exact) mass is 550 g/mol. The molecule has 0 amide bonds. The Labute approximate surface area is 219 Å². The molecule has 5 atom stereocenters. The maximum absolute atomic E-state index is 13.7. The first kappa shape index (κ1) is 27.7. The Morgan fingerprint density at radius 3 is 2.71 bits per heavy atom. The van der Waals surface area contributed by atoms with E-state index >= 15 is 0 Å². The van der Waals surface area contributed by atoms with E-state index in [0.29, 0.717) is 11.2 Å². The van der Waals surface area contributed by atoms with Gasteiger partial charge in [-0.25, -0.2) is 9.55 Å². The maximum Gasteiger partial charge on any atom is 0.459 e. The van der Waals surface area contributed by atoms with Crippen LogP contribution in [0.25, 0.3) is 11.2 Å². The number of esters is 1. The van der Waals surface area contributed by atoms with Crippen LogP contribution < -0.4 is 20.1 Å². The number of hydrogen-bond acceptors (Lipinski definition) is 12. The second-order valence-electron chi connectivity index (χ2n) is 8.88. The van der Waals surface area contributed by atoms with Crippen LogP contribution in [0.4, 0.5) is 5.95 Å². The van der Waals surface area contributed by atoms with Crippen LogP contribution in [-0.4, -0.2) is 68.7 Å². The highest BCUT2D eigenvalue weighted by Crippen LogP contribution is 2.46. The lowest BCUT2D eigenvalue weighted by atomic mass is 10.2. The number of nitrogens with zero attached hydrogens (tertiary/aromatic N) is 4. The van der Waals surface area contributed by atoms with E-state index in [1.165, 1.54) is 20.4 Å². The molecular weight excluding hydrogens is 519 g/mol. The zero-order valence-electron chi connectivity index (χ0n) is 21.4. The maximum atomic E-state index is 13.7. The van der Waals surface area contributed by atoms with E-state index in [2.05, 4.69) is 20.0 Å². The summed E-state index contributed by atoms with van der Waals surface area (Å²) >= 11 is 0. The molecule has 3 aromatic rings. The van der Waals surface area contributed by atoms with Crippen molar-refractivity contribution in [3.63, 3.8) is 0 Å². The molecule has 0 saturated carbocycles. The van der Waals surface area contributed by atoms with Gasteiger partial charge in [-0.2, -0.15) is 15.1 Å². The molecule has 1 aromatic carbocycles. The second kappa shape index (κ2) is 11.6. The van der Waals surface area contributed by atoms with Crippen molar-refractivity contribution >= 4 is 30.8 Å². The number of carbonyl (C=O) groups is 1. The molecule has 0 radical (unpaired) electrons. The number of nitrogen functional groups attached to an aromatic ring is 1. The van der Waals surface area contributed by atoms with Gasteiger partial charge in [0.1, 0.15) is 24.1 Å². The summed E-state index contributed by atoms with van der Waals surface area (Å²) in [5.41, 5.74) is 6.54. The molecule has 1 fully saturated rings. The smallest absolute Gasteiger partial charge is 0.459 e. The van der Waals surface area contributed by atoms with Crippen molar-refractivity contribution < 1.29 is 37.7 Å². The van der Waals surface area contributed by atoms with Crippen LogP contribution in [-0.2, 0) is 23.4 Å². The van der Waals surface area contributed by atoms with Crippen LogP contribution >= 0.6 is 7.75 Å². The van der Waals surface area contributed by atoms with E-state index < -0.39 is 38.2 Å². The fourth-order valence-corrected chi connectivity index (χ4v) is 5.30. The SMILES string of the molecule is COc1nc(N)nc2c1ncn2C1C[C@H](O)[C@@H](COP(=O)(N[C@@H](C)C(=O)OC(C)C)Oc2ccccc2)O1. The number of rotatable bonds is 11. The van der Waals surface area contributed by atoms with E-state index in [1.54, 1.807) is 48.7 Å². The predicted molar refractivity (Wildman–Crippen MR) is 135 cm³/mol. The van der Waals surface area contributed by atoms with Gasteiger partial charge >= 0.3 is 13.7 Å². The molecule has 15 heteroatoms. The number of aromatic nitrogens is 4. The number of anilines is 1. The standard InChI is InChI=1S/C23H31N6O8P/c1-13(2)35-22(31)14(3)28-38(32,37-15-8-6-5-7-9-15)34-11-17-16(30)10-18(36-17)29-12-25-19-20(29)26-23(24)27-21(19)33-4/h5-9,12-14,16-18,30H,10-11H2,1-4H3,(H,28,32)(H2,24,26,27)/t14-,16-,17+,18?,38?/m0/s1. The zero-order chi connectivity index (χ0) is 27.4. The lowest BCUT2D eigenvalue weighted by Gasteiger charge is -2.25. The van der Waals surface area contributed by atoms with Gasteiger partial charge in [-0.3, -0.25) is 13.9 Å². The van der Waals surface area contributed by atoms with Gasteiger partial charge in [0, 0.05) is 6.42 Å².